The lowest BCUT2D eigenvalue weighted by atomic mass is 10.6. The second-order valence-electron chi connectivity index (χ2n) is 19.5. The minimum Gasteiger partial charge on any atom is -0.394 e. The van der Waals surface area contributed by atoms with Crippen molar-refractivity contribution in [2.75, 3.05) is 423 Å². The van der Waals surface area contributed by atoms with Gasteiger partial charge in [-0.3, -0.25) is 5.26 Å². The first-order valence-corrected chi connectivity index (χ1v) is 34.7. The maximum absolute atomic E-state index is 8.62. The minimum atomic E-state index is 0.0158. The summed E-state index contributed by atoms with van der Waals surface area (Å²) in [7, 11) is 0. The third-order valence-electron chi connectivity index (χ3n) is 11.7. The molecule has 0 fully saturated rings. The second-order valence-corrected chi connectivity index (χ2v) is 19.5. The average Bonchev–Trinajstić information content (AvgIpc) is 3.63. The van der Waals surface area contributed by atoms with Gasteiger partial charge in [-0.25, -0.2) is 4.89 Å². The largest absolute Gasteiger partial charge is 0.394 e. The molecule has 0 radical (unpaired) electrons. The van der Waals surface area contributed by atoms with E-state index in [0.29, 0.717) is 410 Å². The Labute approximate surface area is 583 Å². The van der Waals surface area contributed by atoms with Crippen molar-refractivity contribution in [1.82, 2.24) is 0 Å². The van der Waals surface area contributed by atoms with Crippen LogP contribution >= 0.6 is 0 Å². The van der Waals surface area contributed by atoms with Gasteiger partial charge < -0.3 is 152 Å². The molecule has 0 bridgehead atoms. The molecule has 0 amide bonds. The van der Waals surface area contributed by atoms with Crippen LogP contribution in [-0.2, 0) is 152 Å². The SMILES string of the molecule is OCCOCCOCCOCCOCCOCCOCCOCCOCCOCCOCCOCCOCCOCCOCCOCCOCCOCCOCCOCCOCCOCCOCCOCCOCCOCCOCCOCCOCCOCCOCCOCCOO. The molecular formula is C64H130O34. The predicted octanol–water partition coefficient (Wildman–Crippen LogP) is -0.0171. The lowest BCUT2D eigenvalue weighted by Crippen LogP contribution is -2.16. The van der Waals surface area contributed by atoms with E-state index < -0.39 is 0 Å². The first kappa shape index (κ1) is 96.6. The summed E-state index contributed by atoms with van der Waals surface area (Å²) in [6, 6.07) is 0. The van der Waals surface area contributed by atoms with Crippen LogP contribution in [-0.4, -0.2) is 433 Å². The van der Waals surface area contributed by atoms with Crippen molar-refractivity contribution in [3.05, 3.63) is 0 Å². The number of hydrogen-bond acceptors (Lipinski definition) is 34. The monoisotopic (exact) mass is 1440 g/mol. The van der Waals surface area contributed by atoms with Gasteiger partial charge in [0, 0.05) is 0 Å². The van der Waals surface area contributed by atoms with E-state index in [2.05, 4.69) is 4.89 Å². The normalized spacial score (nSPS) is 11.8. The standard InChI is InChI=1S/C64H130O34/c65-1-2-67-3-4-68-5-6-69-7-8-70-9-10-71-11-12-72-13-14-73-15-16-74-17-18-75-19-20-76-21-22-77-23-24-78-25-26-79-27-28-80-29-30-81-31-32-82-33-34-83-35-36-84-37-38-85-39-40-86-41-42-87-43-44-88-45-46-89-47-48-90-49-50-91-51-52-92-53-54-93-55-56-94-57-58-95-59-60-96-61-62-97-63-64-98-66/h65-66H,1-64H2. The molecule has 0 spiro atoms. The van der Waals surface area contributed by atoms with Crippen LogP contribution in [0.5, 0.6) is 0 Å². The Morgan fingerprint density at radius 3 is 0.214 bits per heavy atom. The molecule has 0 saturated carbocycles. The lowest BCUT2D eigenvalue weighted by Gasteiger charge is -2.09. The highest BCUT2D eigenvalue weighted by atomic mass is 17.1. The third kappa shape index (κ3) is 94.6. The molecule has 98 heavy (non-hydrogen) atoms. The summed E-state index contributed by atoms with van der Waals surface area (Å²) >= 11 is 0. The van der Waals surface area contributed by atoms with Gasteiger partial charge in [0.2, 0.25) is 0 Å². The molecule has 0 aliphatic carbocycles. The molecule has 0 aromatic rings. The van der Waals surface area contributed by atoms with Crippen LogP contribution in [0.15, 0.2) is 0 Å². The van der Waals surface area contributed by atoms with E-state index in [1.165, 1.54) is 0 Å². The van der Waals surface area contributed by atoms with Gasteiger partial charge in [-0.1, -0.05) is 0 Å². The van der Waals surface area contributed by atoms with Gasteiger partial charge in [0.25, 0.3) is 0 Å². The number of aliphatic hydroxyl groups excluding tert-OH is 1. The summed E-state index contributed by atoms with van der Waals surface area (Å²) in [5.41, 5.74) is 0. The molecule has 0 aliphatic rings. The van der Waals surface area contributed by atoms with Crippen molar-refractivity contribution in [3.8, 4) is 0 Å². The van der Waals surface area contributed by atoms with Gasteiger partial charge in [-0.15, -0.1) is 0 Å². The van der Waals surface area contributed by atoms with Gasteiger partial charge in [0.1, 0.15) is 6.61 Å². The molecule has 0 aromatic heterocycles. The Morgan fingerprint density at radius 1 is 0.0918 bits per heavy atom. The van der Waals surface area contributed by atoms with Crippen molar-refractivity contribution in [3.63, 3.8) is 0 Å². The van der Waals surface area contributed by atoms with Crippen molar-refractivity contribution in [2.45, 2.75) is 0 Å². The Bertz CT molecular complexity index is 1260. The van der Waals surface area contributed by atoms with E-state index in [0.717, 1.165) is 0 Å². The molecular weight excluding hydrogens is 1310 g/mol. The Balaban J connectivity index is 3.09. The fourth-order valence-corrected chi connectivity index (χ4v) is 6.86. The number of hydrogen-bond donors (Lipinski definition) is 2. The summed E-state index contributed by atoms with van der Waals surface area (Å²) in [5, 5.41) is 16.8. The van der Waals surface area contributed by atoms with Crippen LogP contribution in [0.25, 0.3) is 0 Å². The van der Waals surface area contributed by atoms with Crippen molar-refractivity contribution >= 4 is 0 Å². The lowest BCUT2D eigenvalue weighted by molar-refractivity contribution is -0.249. The first-order valence-electron chi connectivity index (χ1n) is 34.7. The van der Waals surface area contributed by atoms with Crippen LogP contribution in [0.4, 0.5) is 0 Å². The highest BCUT2D eigenvalue weighted by Crippen LogP contribution is 1.93. The molecule has 0 unspecified atom stereocenters. The van der Waals surface area contributed by atoms with Crippen LogP contribution in [0.3, 0.4) is 0 Å². The zero-order chi connectivity index (χ0) is 69.9. The molecule has 0 heterocycles. The van der Waals surface area contributed by atoms with E-state index in [-0.39, 0.29) is 13.2 Å². The summed E-state index contributed by atoms with van der Waals surface area (Å²) in [6.45, 7) is 29.6. The quantitative estimate of drug-likeness (QED) is 0.0459. The molecule has 0 saturated heterocycles. The molecule has 0 aromatic carbocycles. The predicted molar refractivity (Wildman–Crippen MR) is 351 cm³/mol. The van der Waals surface area contributed by atoms with Crippen LogP contribution in [0, 0.1) is 0 Å². The van der Waals surface area contributed by atoms with Crippen LogP contribution < -0.4 is 0 Å². The van der Waals surface area contributed by atoms with E-state index in [1.807, 2.05) is 0 Å². The fraction of sp³-hybridized carbons (Fsp3) is 1.00. The molecule has 0 aliphatic heterocycles. The zero-order valence-electron chi connectivity index (χ0n) is 59.2. The second kappa shape index (κ2) is 95.6. The van der Waals surface area contributed by atoms with Gasteiger partial charge >= 0.3 is 0 Å². The maximum Gasteiger partial charge on any atom is 0.105 e. The minimum absolute atomic E-state index is 0.0158. The van der Waals surface area contributed by atoms with Crippen molar-refractivity contribution in [1.29, 1.82) is 0 Å². The van der Waals surface area contributed by atoms with Crippen LogP contribution in [0.1, 0.15) is 0 Å². The van der Waals surface area contributed by atoms with E-state index >= 15 is 0 Å². The molecule has 0 rings (SSSR count). The van der Waals surface area contributed by atoms with Crippen molar-refractivity contribution in [2.24, 2.45) is 0 Å². The third-order valence-corrected chi connectivity index (χ3v) is 11.7. The highest BCUT2D eigenvalue weighted by molar-refractivity contribution is 4.45. The first-order chi connectivity index (χ1) is 48.9. The maximum atomic E-state index is 8.62. The molecule has 0 atom stereocenters. The Morgan fingerprint density at radius 2 is 0.153 bits per heavy atom. The number of ether oxygens (including phenoxy) is 31. The van der Waals surface area contributed by atoms with Crippen LogP contribution in [0.2, 0.25) is 0 Å². The van der Waals surface area contributed by atoms with Gasteiger partial charge in [-0.2, -0.15) is 0 Å². The average molecular weight is 1440 g/mol. The molecule has 34 nitrogen and oxygen atoms in total. The molecule has 590 valence electrons. The smallest absolute Gasteiger partial charge is 0.105 e. The highest BCUT2D eigenvalue weighted by Gasteiger charge is 2.02. The van der Waals surface area contributed by atoms with Gasteiger partial charge in [0.15, 0.2) is 0 Å². The molecule has 34 heteroatoms. The van der Waals surface area contributed by atoms with Gasteiger partial charge in [0.05, 0.1) is 416 Å². The van der Waals surface area contributed by atoms with E-state index in [4.69, 9.17) is 157 Å². The van der Waals surface area contributed by atoms with Crippen molar-refractivity contribution < 1.29 is 162 Å². The van der Waals surface area contributed by atoms with Gasteiger partial charge in [-0.05, 0) is 0 Å². The Kier molecular flexibility index (Phi) is 94.3. The zero-order valence-corrected chi connectivity index (χ0v) is 59.2. The summed E-state index contributed by atoms with van der Waals surface area (Å²) in [5.74, 6) is 0. The Hall–Kier alpha value is -1.36. The fourth-order valence-electron chi connectivity index (χ4n) is 6.86. The summed E-state index contributed by atoms with van der Waals surface area (Å²) in [4.78, 5) is 3.91. The summed E-state index contributed by atoms with van der Waals surface area (Å²) in [6.07, 6.45) is 0. The topological polar surface area (TPSA) is 336 Å². The van der Waals surface area contributed by atoms with E-state index in [1.54, 1.807) is 0 Å². The van der Waals surface area contributed by atoms with E-state index in [9.17, 15) is 0 Å². The summed E-state index contributed by atoms with van der Waals surface area (Å²) < 4.78 is 170. The number of rotatable bonds is 95. The molecule has 2 N–H and O–H groups in total. The number of aliphatic hydroxyl groups is 1.